The van der Waals surface area contributed by atoms with Crippen molar-refractivity contribution in [3.63, 3.8) is 0 Å². The summed E-state index contributed by atoms with van der Waals surface area (Å²) in [6.07, 6.45) is -19.2. The van der Waals surface area contributed by atoms with Crippen molar-refractivity contribution < 1.29 is 52.7 Å². The van der Waals surface area contributed by atoms with E-state index >= 15 is 0 Å². The maximum atomic E-state index is 14.4. The number of aromatic nitrogens is 2. The molecule has 2 heterocycles. The van der Waals surface area contributed by atoms with Crippen molar-refractivity contribution in [1.29, 1.82) is 0 Å². The molecular weight excluding hydrogens is 1160 g/mol. The van der Waals surface area contributed by atoms with Crippen LogP contribution in [0.1, 0.15) is 48.6 Å². The van der Waals surface area contributed by atoms with Gasteiger partial charge in [0.15, 0.2) is 0 Å². The van der Waals surface area contributed by atoms with E-state index in [-0.39, 0.29) is 49.0 Å². The van der Waals surface area contributed by atoms with Gasteiger partial charge in [-0.3, -0.25) is 0 Å². The lowest BCUT2D eigenvalue weighted by molar-refractivity contribution is -0.138. The average Bonchev–Trinajstić information content (AvgIpc) is 1.30. The summed E-state index contributed by atoms with van der Waals surface area (Å²) in [5, 5.41) is 3.74. The van der Waals surface area contributed by atoms with Crippen LogP contribution in [0.4, 0.5) is 52.7 Å². The van der Waals surface area contributed by atoms with Gasteiger partial charge in [0.1, 0.15) is 0 Å². The molecule has 2 nitrogen and oxygen atoms in total. The van der Waals surface area contributed by atoms with Gasteiger partial charge in [0.25, 0.3) is 0 Å². The molecule has 0 fully saturated rings. The Kier molecular flexibility index (Phi) is 13.3. The first-order valence-electron chi connectivity index (χ1n) is 28.3. The fourth-order valence-electron chi connectivity index (χ4n) is 12.4. The van der Waals surface area contributed by atoms with Gasteiger partial charge in [-0.2, -0.15) is 52.7 Å². The predicted octanol–water partition coefficient (Wildman–Crippen LogP) is 22.8. The van der Waals surface area contributed by atoms with Gasteiger partial charge in [0, 0.05) is 32.9 Å². The largest absolute Gasteiger partial charge is 0.416 e. The zero-order valence-electron chi connectivity index (χ0n) is 48.1. The van der Waals surface area contributed by atoms with E-state index in [1.54, 1.807) is 21.3 Å². The minimum Gasteiger partial charge on any atom is -0.309 e. The third-order valence-corrected chi connectivity index (χ3v) is 19.0. The number of hydrogen-bond donors (Lipinski definition) is 0. The molecule has 0 radical (unpaired) electrons. The number of benzene rings is 11. The second-order valence-electron chi connectivity index (χ2n) is 24.6. The van der Waals surface area contributed by atoms with Gasteiger partial charge < -0.3 is 9.13 Å². The highest BCUT2D eigenvalue weighted by Crippen LogP contribution is 2.49. The molecule has 0 saturated heterocycles. The second-order valence-corrected chi connectivity index (χ2v) is 29.7. The van der Waals surface area contributed by atoms with Crippen LogP contribution in [0, 0.1) is 0 Å². The fourth-order valence-corrected chi connectivity index (χ4v) is 13.6. The van der Waals surface area contributed by atoms with Gasteiger partial charge in [-0.25, -0.2) is 0 Å². The number of fused-ring (bicyclic) bond motifs is 8. The highest BCUT2D eigenvalue weighted by Gasteiger charge is 2.36. The average molecular weight is 1210 g/mol. The molecule has 13 rings (SSSR count). The van der Waals surface area contributed by atoms with Crippen LogP contribution in [0.2, 0.25) is 19.6 Å². The summed E-state index contributed by atoms with van der Waals surface area (Å²) in [5.74, 6) is 0. The molecule has 2 aromatic heterocycles. The zero-order chi connectivity index (χ0) is 62.4. The van der Waals surface area contributed by atoms with Crippen LogP contribution >= 0.6 is 0 Å². The minimum atomic E-state index is -4.81. The number of halogens is 12. The Morgan fingerprint density at radius 3 is 0.795 bits per heavy atom. The number of nitrogens with zero attached hydrogens (tertiary/aromatic N) is 2. The summed E-state index contributed by atoms with van der Waals surface area (Å²) >= 11 is 0. The third-order valence-electron chi connectivity index (χ3n) is 17.0. The quantitative estimate of drug-likeness (QED) is 0.0855. The Labute approximate surface area is 498 Å². The monoisotopic (exact) mass is 1210 g/mol. The smallest absolute Gasteiger partial charge is 0.309 e. The molecule has 0 N–H and O–H groups in total. The zero-order valence-corrected chi connectivity index (χ0v) is 49.1. The molecule has 88 heavy (non-hydrogen) atoms. The lowest BCUT2D eigenvalue weighted by Crippen LogP contribution is -2.37. The first kappa shape index (κ1) is 58.0. The molecule has 0 spiro atoms. The molecular formula is C73H52F12N2Si. The van der Waals surface area contributed by atoms with E-state index in [1.165, 1.54) is 29.5 Å². The summed E-state index contributed by atoms with van der Waals surface area (Å²) in [4.78, 5) is 0. The molecule has 0 atom stereocenters. The highest BCUT2D eigenvalue weighted by atomic mass is 28.3. The maximum absolute atomic E-state index is 14.4. The summed E-state index contributed by atoms with van der Waals surface area (Å²) in [6, 6.07) is 55.8. The Morgan fingerprint density at radius 1 is 0.261 bits per heavy atom. The van der Waals surface area contributed by atoms with Crippen LogP contribution in [-0.2, 0) is 30.1 Å². The van der Waals surface area contributed by atoms with Crippen molar-refractivity contribution in [2.24, 2.45) is 0 Å². The maximum Gasteiger partial charge on any atom is 0.416 e. The predicted molar refractivity (Wildman–Crippen MR) is 334 cm³/mol. The normalized spacial score (nSPS) is 13.1. The summed E-state index contributed by atoms with van der Waals surface area (Å²) in [7, 11) is -1.64. The van der Waals surface area contributed by atoms with E-state index in [0.29, 0.717) is 44.0 Å². The van der Waals surface area contributed by atoms with Gasteiger partial charge in [0.05, 0.1) is 52.4 Å². The minimum absolute atomic E-state index is 0.0427. The molecule has 13 aromatic rings. The first-order chi connectivity index (χ1) is 41.4. The molecule has 0 aliphatic rings. The van der Waals surface area contributed by atoms with Gasteiger partial charge in [-0.1, -0.05) is 155 Å². The molecule has 0 aliphatic heterocycles. The van der Waals surface area contributed by atoms with Crippen LogP contribution in [0.5, 0.6) is 0 Å². The molecule has 0 saturated carbocycles. The van der Waals surface area contributed by atoms with Crippen LogP contribution < -0.4 is 5.19 Å². The van der Waals surface area contributed by atoms with Crippen molar-refractivity contribution in [2.75, 3.05) is 0 Å². The molecule has 0 aliphatic carbocycles. The lowest BCUT2D eigenvalue weighted by Gasteiger charge is -2.21. The Balaban J connectivity index is 1.12. The number of hydrogen-bond acceptors (Lipinski definition) is 0. The van der Waals surface area contributed by atoms with Gasteiger partial charge in [0.2, 0.25) is 0 Å². The Bertz CT molecular complexity index is 4480. The van der Waals surface area contributed by atoms with Crippen molar-refractivity contribution in [3.05, 3.63) is 234 Å². The lowest BCUT2D eigenvalue weighted by atomic mass is 9.84. The van der Waals surface area contributed by atoms with E-state index in [4.69, 9.17) is 0 Å². The van der Waals surface area contributed by atoms with Gasteiger partial charge in [-0.05, 0) is 174 Å². The van der Waals surface area contributed by atoms with Gasteiger partial charge in [-0.15, -0.1) is 0 Å². The van der Waals surface area contributed by atoms with E-state index in [9.17, 15) is 52.7 Å². The van der Waals surface area contributed by atoms with Crippen LogP contribution in [-0.4, -0.2) is 17.2 Å². The van der Waals surface area contributed by atoms with Crippen molar-refractivity contribution in [3.8, 4) is 55.9 Å². The molecule has 11 aromatic carbocycles. The number of alkyl halides is 12. The summed E-state index contributed by atoms with van der Waals surface area (Å²) < 4.78 is 176. The van der Waals surface area contributed by atoms with Crippen LogP contribution in [0.15, 0.2) is 206 Å². The molecule has 15 heteroatoms. The van der Waals surface area contributed by atoms with Crippen LogP contribution in [0.3, 0.4) is 0 Å². The first-order valence-corrected chi connectivity index (χ1v) is 31.8. The standard InChI is InChI=1S/C73H52F12N2Si/c1-69(2,3)47-19-15-43(16-20-47)41-7-11-45(12-8-41)67-55-29-25-53(87-65-33-23-50(72(80,81)82)37-59(65)60-38-51(73(83,84)85)24-34-66(60)87)40-62(55)68(46-13-9-42(10-14-46)44-17-27-54(28-18-44)88(4,5)6)56-30-26-52(39-61(56)67)86-63-31-21-48(70(74,75)76)35-57(63)58-36-49(71(77,78)79)22-32-64(58)86/h7-40H,1-6H3. The fraction of sp³-hybridized carbons (Fsp3) is 0.151. The van der Waals surface area contributed by atoms with E-state index in [2.05, 4.69) is 88.9 Å². The van der Waals surface area contributed by atoms with E-state index < -0.39 is 55.0 Å². The van der Waals surface area contributed by atoms with Crippen molar-refractivity contribution >= 4 is 78.4 Å². The SMILES string of the molecule is CC(C)(C)c1ccc(-c2ccc(-c3c4ccc(-n5c6ccc(C(F)(F)F)cc6c6cc(C(F)(F)F)ccc65)cc4c(-c4ccc(-c5ccc([Si](C)(C)C)cc5)cc4)c4ccc(-n5c6ccc(C(F)(F)F)cc6c6cc(C(F)(F)F)ccc65)cc34)cc2)cc1. The van der Waals surface area contributed by atoms with Crippen molar-refractivity contribution in [2.45, 2.75) is 70.5 Å². The van der Waals surface area contributed by atoms with E-state index in [1.807, 2.05) is 72.8 Å². The van der Waals surface area contributed by atoms with Crippen molar-refractivity contribution in [1.82, 2.24) is 9.13 Å². The second kappa shape index (κ2) is 20.2. The summed E-state index contributed by atoms with van der Waals surface area (Å²) in [6.45, 7) is 13.2. The molecule has 0 amide bonds. The summed E-state index contributed by atoms with van der Waals surface area (Å²) in [5.41, 5.74) is 5.23. The third kappa shape index (κ3) is 10.2. The van der Waals surface area contributed by atoms with Crippen LogP contribution in [0.25, 0.3) is 121 Å². The Morgan fingerprint density at radius 2 is 0.523 bits per heavy atom. The van der Waals surface area contributed by atoms with Gasteiger partial charge >= 0.3 is 24.7 Å². The molecule has 0 unspecified atom stereocenters. The van der Waals surface area contributed by atoms with E-state index in [0.717, 1.165) is 87.5 Å². The molecule has 442 valence electrons. The Hall–Kier alpha value is -9.08. The highest BCUT2D eigenvalue weighted by molar-refractivity contribution is 6.88. The molecule has 0 bridgehead atoms. The topological polar surface area (TPSA) is 9.86 Å². The number of rotatable bonds is 7.